The molecule has 4 rings (SSSR count). The van der Waals surface area contributed by atoms with Crippen LogP contribution in [0.4, 0.5) is 4.39 Å². The van der Waals surface area contributed by atoms with Gasteiger partial charge in [0, 0.05) is 12.6 Å². The fraction of sp³-hybridized carbons (Fsp3) is 0.333. The maximum absolute atomic E-state index is 13.4. The van der Waals surface area contributed by atoms with Gasteiger partial charge in [0.05, 0.1) is 5.75 Å². The second-order valence-electron chi connectivity index (χ2n) is 6.27. The lowest BCUT2D eigenvalue weighted by molar-refractivity contribution is 0.174. The van der Waals surface area contributed by atoms with Gasteiger partial charge in [0.1, 0.15) is 5.82 Å². The van der Waals surface area contributed by atoms with Crippen LogP contribution in [0.25, 0.3) is 0 Å². The van der Waals surface area contributed by atoms with Crippen LogP contribution in [-0.2, 0) is 15.8 Å². The molecule has 0 amide bonds. The van der Waals surface area contributed by atoms with Crippen LogP contribution in [0, 0.1) is 5.82 Å². The first-order valence-corrected chi connectivity index (χ1v) is 9.77. The lowest BCUT2D eigenvalue weighted by Gasteiger charge is -2.24. The standard InChI is InChI=1S/C18H18FNO4S/c19-15-4-1-3-13(9-15)11-25(21,22)20-8-2-5-16(20)14-6-7-17-18(10-14)24-12-23-17/h1,3-4,6-7,9-10,16H,2,5,8,11-12H2. The summed E-state index contributed by atoms with van der Waals surface area (Å²) in [5, 5.41) is 0. The molecule has 2 aliphatic rings. The van der Waals surface area contributed by atoms with Crippen LogP contribution in [0.1, 0.15) is 30.0 Å². The van der Waals surface area contributed by atoms with E-state index in [2.05, 4.69) is 0 Å². The lowest BCUT2D eigenvalue weighted by Crippen LogP contribution is -2.31. The highest BCUT2D eigenvalue weighted by atomic mass is 32.2. The first-order valence-electron chi connectivity index (χ1n) is 8.16. The molecule has 132 valence electrons. The van der Waals surface area contributed by atoms with Crippen molar-refractivity contribution < 1.29 is 22.3 Å². The maximum Gasteiger partial charge on any atom is 0.231 e. The molecule has 2 heterocycles. The Hall–Kier alpha value is -2.12. The second kappa shape index (κ2) is 6.31. The SMILES string of the molecule is O=S(=O)(Cc1cccc(F)c1)N1CCCC1c1ccc2c(c1)OCO2. The zero-order valence-electron chi connectivity index (χ0n) is 13.5. The molecule has 0 radical (unpaired) electrons. The summed E-state index contributed by atoms with van der Waals surface area (Å²) in [5.74, 6) is 0.690. The highest BCUT2D eigenvalue weighted by Gasteiger charge is 2.35. The van der Waals surface area contributed by atoms with Crippen LogP contribution in [-0.4, -0.2) is 26.1 Å². The molecule has 2 aromatic rings. The van der Waals surface area contributed by atoms with Crippen molar-refractivity contribution >= 4 is 10.0 Å². The number of hydrogen-bond acceptors (Lipinski definition) is 4. The van der Waals surface area contributed by atoms with E-state index in [9.17, 15) is 12.8 Å². The number of fused-ring (bicyclic) bond motifs is 1. The number of halogens is 1. The molecule has 0 N–H and O–H groups in total. The monoisotopic (exact) mass is 363 g/mol. The molecule has 1 unspecified atom stereocenters. The molecule has 0 spiro atoms. The van der Waals surface area contributed by atoms with Gasteiger partial charge in [-0.25, -0.2) is 12.8 Å². The van der Waals surface area contributed by atoms with E-state index >= 15 is 0 Å². The molecular weight excluding hydrogens is 345 g/mol. The van der Waals surface area contributed by atoms with Crippen molar-refractivity contribution in [1.82, 2.24) is 4.31 Å². The van der Waals surface area contributed by atoms with E-state index < -0.39 is 15.8 Å². The summed E-state index contributed by atoms with van der Waals surface area (Å²) in [4.78, 5) is 0. The fourth-order valence-corrected chi connectivity index (χ4v) is 5.24. The minimum atomic E-state index is -3.55. The Balaban J connectivity index is 1.60. The molecule has 5 nitrogen and oxygen atoms in total. The molecule has 1 atom stereocenters. The van der Waals surface area contributed by atoms with Crippen molar-refractivity contribution in [2.24, 2.45) is 0 Å². The predicted octanol–water partition coefficient (Wildman–Crippen LogP) is 3.22. The van der Waals surface area contributed by atoms with E-state index in [1.807, 2.05) is 18.2 Å². The summed E-state index contributed by atoms with van der Waals surface area (Å²) in [7, 11) is -3.55. The van der Waals surface area contributed by atoms with E-state index in [1.165, 1.54) is 22.5 Å². The molecule has 0 aromatic heterocycles. The molecule has 2 aromatic carbocycles. The van der Waals surface area contributed by atoms with Crippen LogP contribution < -0.4 is 9.47 Å². The topological polar surface area (TPSA) is 55.8 Å². The van der Waals surface area contributed by atoms with Gasteiger partial charge >= 0.3 is 0 Å². The normalized spacial score (nSPS) is 20.1. The Bertz CT molecular complexity index is 900. The molecular formula is C18H18FNO4S. The summed E-state index contributed by atoms with van der Waals surface area (Å²) in [5.41, 5.74) is 1.35. The van der Waals surface area contributed by atoms with Gasteiger partial charge in [0.15, 0.2) is 11.5 Å². The van der Waals surface area contributed by atoms with Gasteiger partial charge in [-0.1, -0.05) is 18.2 Å². The van der Waals surface area contributed by atoms with Gasteiger partial charge in [-0.05, 0) is 48.2 Å². The third kappa shape index (κ3) is 3.21. The quantitative estimate of drug-likeness (QED) is 0.837. The van der Waals surface area contributed by atoms with Crippen molar-refractivity contribution in [3.8, 4) is 11.5 Å². The smallest absolute Gasteiger partial charge is 0.231 e. The molecule has 0 saturated carbocycles. The van der Waals surface area contributed by atoms with Crippen molar-refractivity contribution in [2.75, 3.05) is 13.3 Å². The van der Waals surface area contributed by atoms with Gasteiger partial charge in [0.2, 0.25) is 16.8 Å². The second-order valence-corrected chi connectivity index (χ2v) is 8.19. The van der Waals surface area contributed by atoms with Crippen LogP contribution in [0.2, 0.25) is 0 Å². The third-order valence-electron chi connectivity index (χ3n) is 4.58. The Morgan fingerprint density at radius 2 is 1.96 bits per heavy atom. The lowest BCUT2D eigenvalue weighted by atomic mass is 10.0. The van der Waals surface area contributed by atoms with Gasteiger partial charge < -0.3 is 9.47 Å². The molecule has 0 bridgehead atoms. The number of rotatable bonds is 4. The van der Waals surface area contributed by atoms with Crippen molar-refractivity contribution in [2.45, 2.75) is 24.6 Å². The van der Waals surface area contributed by atoms with Crippen LogP contribution >= 0.6 is 0 Å². The summed E-state index contributed by atoms with van der Waals surface area (Å²) >= 11 is 0. The first kappa shape index (κ1) is 16.4. The summed E-state index contributed by atoms with van der Waals surface area (Å²) < 4.78 is 51.3. The fourth-order valence-electron chi connectivity index (χ4n) is 3.45. The zero-order valence-corrected chi connectivity index (χ0v) is 14.3. The van der Waals surface area contributed by atoms with Gasteiger partial charge in [-0.15, -0.1) is 0 Å². The molecule has 2 aliphatic heterocycles. The van der Waals surface area contributed by atoms with E-state index in [1.54, 1.807) is 6.07 Å². The van der Waals surface area contributed by atoms with E-state index in [4.69, 9.17) is 9.47 Å². The average Bonchev–Trinajstić information content (AvgIpc) is 3.23. The molecule has 1 fully saturated rings. The number of sulfonamides is 1. The number of benzene rings is 2. The van der Waals surface area contributed by atoms with Crippen LogP contribution in [0.5, 0.6) is 11.5 Å². The largest absolute Gasteiger partial charge is 0.454 e. The average molecular weight is 363 g/mol. The third-order valence-corrected chi connectivity index (χ3v) is 6.43. The Morgan fingerprint density at radius 1 is 1.12 bits per heavy atom. The summed E-state index contributed by atoms with van der Waals surface area (Å²) in [6.45, 7) is 0.655. The van der Waals surface area contributed by atoms with E-state index in [0.717, 1.165) is 18.4 Å². The number of hydrogen-bond donors (Lipinski definition) is 0. The van der Waals surface area contributed by atoms with Gasteiger partial charge in [-0.3, -0.25) is 0 Å². The maximum atomic E-state index is 13.4. The molecule has 0 aliphatic carbocycles. The van der Waals surface area contributed by atoms with Crippen LogP contribution in [0.3, 0.4) is 0 Å². The highest BCUT2D eigenvalue weighted by molar-refractivity contribution is 7.88. The minimum Gasteiger partial charge on any atom is -0.454 e. The number of nitrogens with zero attached hydrogens (tertiary/aromatic N) is 1. The van der Waals surface area contributed by atoms with Crippen molar-refractivity contribution in [1.29, 1.82) is 0 Å². The van der Waals surface area contributed by atoms with Crippen molar-refractivity contribution in [3.05, 3.63) is 59.4 Å². The Morgan fingerprint density at radius 3 is 2.80 bits per heavy atom. The van der Waals surface area contributed by atoms with Gasteiger partial charge in [-0.2, -0.15) is 4.31 Å². The number of ether oxygens (including phenoxy) is 2. The summed E-state index contributed by atoms with van der Waals surface area (Å²) in [6, 6.07) is 11.1. The molecule has 25 heavy (non-hydrogen) atoms. The zero-order chi connectivity index (χ0) is 17.4. The molecule has 1 saturated heterocycles. The van der Waals surface area contributed by atoms with Crippen molar-refractivity contribution in [3.63, 3.8) is 0 Å². The highest BCUT2D eigenvalue weighted by Crippen LogP contribution is 2.40. The first-order chi connectivity index (χ1) is 12.0. The van der Waals surface area contributed by atoms with Gasteiger partial charge in [0.25, 0.3) is 0 Å². The Kier molecular flexibility index (Phi) is 4.13. The summed E-state index contributed by atoms with van der Waals surface area (Å²) in [6.07, 6.45) is 1.55. The van der Waals surface area contributed by atoms with E-state index in [0.29, 0.717) is 23.6 Å². The van der Waals surface area contributed by atoms with E-state index in [-0.39, 0.29) is 18.6 Å². The minimum absolute atomic E-state index is 0.186. The van der Waals surface area contributed by atoms with Crippen LogP contribution in [0.15, 0.2) is 42.5 Å². The predicted molar refractivity (Wildman–Crippen MR) is 90.3 cm³/mol. The molecule has 7 heteroatoms. The Labute approximate surface area is 146 Å².